The number of ketones is 3. The van der Waals surface area contributed by atoms with Crippen LogP contribution >= 0.6 is 0 Å². The fourth-order valence-corrected chi connectivity index (χ4v) is 3.59. The maximum Gasteiger partial charge on any atom is 3.00 e. The van der Waals surface area contributed by atoms with Gasteiger partial charge in [-0.05, 0) is 83.1 Å². The first-order valence-electron chi connectivity index (χ1n) is 12.7. The summed E-state index contributed by atoms with van der Waals surface area (Å²) in [4.78, 5) is 64.4. The van der Waals surface area contributed by atoms with Gasteiger partial charge in [-0.3, -0.25) is 14.4 Å². The van der Waals surface area contributed by atoms with E-state index in [4.69, 9.17) is 14.2 Å². The quantitative estimate of drug-likeness (QED) is 0.165. The van der Waals surface area contributed by atoms with E-state index in [9.17, 15) is 44.1 Å². The number of carbonyl (C=O) groups is 6. The van der Waals surface area contributed by atoms with Gasteiger partial charge in [0.2, 0.25) is 0 Å². The molecular weight excluding hydrogens is 543 g/mol. The topological polar surface area (TPSA) is 199 Å². The molecule has 0 aromatic carbocycles. The second kappa shape index (κ2) is 22.5. The molecule has 0 aliphatic rings. The van der Waals surface area contributed by atoms with Crippen molar-refractivity contribution in [2.24, 2.45) is 17.8 Å². The second-order valence-electron chi connectivity index (χ2n) is 9.89. The third-order valence-electron chi connectivity index (χ3n) is 4.94. The van der Waals surface area contributed by atoms with Crippen LogP contribution in [-0.2, 0) is 43.0 Å². The van der Waals surface area contributed by atoms with Crippen molar-refractivity contribution in [2.45, 2.75) is 120 Å². The van der Waals surface area contributed by atoms with E-state index in [1.54, 1.807) is 62.3 Å². The molecule has 0 aliphatic carbocycles. The minimum atomic E-state index is -1.37. The van der Waals surface area contributed by atoms with Crippen LogP contribution in [0.15, 0.2) is 0 Å². The molecule has 0 fully saturated rings. The number of carboxylic acid groups (broad SMARTS) is 3. The number of rotatable bonds is 15. The molecule has 0 heterocycles. The summed E-state index contributed by atoms with van der Waals surface area (Å²) >= 11 is 0. The van der Waals surface area contributed by atoms with E-state index in [-0.39, 0.29) is 35.7 Å². The van der Waals surface area contributed by atoms with E-state index in [0.717, 1.165) is 0 Å². The van der Waals surface area contributed by atoms with E-state index in [1.165, 1.54) is 20.8 Å². The van der Waals surface area contributed by atoms with Crippen molar-refractivity contribution in [1.29, 1.82) is 0 Å². The molecule has 0 amide bonds. The summed E-state index contributed by atoms with van der Waals surface area (Å²) in [6.07, 6.45) is -2.21. The number of hydrogen-bond donors (Lipinski definition) is 0. The monoisotopic (exact) mass is 588 g/mol. The SMILES string of the molecule is CC(=O)C(C(=O)[O-])C(C)OC(C)C.CC(=O)C(C(=O)[O-])C(C)OC(C)C.CC(=O)C(C(=O)[O-])C(C)OC(C)C.[Al+3]. The Hall–Kier alpha value is -2.17. The summed E-state index contributed by atoms with van der Waals surface area (Å²) in [5, 5.41) is 31.7. The van der Waals surface area contributed by atoms with Gasteiger partial charge < -0.3 is 43.9 Å². The maximum atomic E-state index is 10.9. The van der Waals surface area contributed by atoms with Crippen molar-refractivity contribution >= 4 is 52.6 Å². The molecule has 6 atom stereocenters. The third kappa shape index (κ3) is 20.7. The van der Waals surface area contributed by atoms with Gasteiger partial charge in [0.15, 0.2) is 0 Å². The molecule has 0 saturated heterocycles. The van der Waals surface area contributed by atoms with Gasteiger partial charge in [0.1, 0.15) is 17.3 Å². The van der Waals surface area contributed by atoms with Gasteiger partial charge in [0.05, 0.1) is 72.3 Å². The van der Waals surface area contributed by atoms with Crippen LogP contribution in [0.25, 0.3) is 0 Å². The average Bonchev–Trinajstić information content (AvgIpc) is 2.64. The molecular formula is C27H45AlO12. The fourth-order valence-electron chi connectivity index (χ4n) is 3.59. The Morgan fingerprint density at radius 3 is 0.650 bits per heavy atom. The zero-order valence-electron chi connectivity index (χ0n) is 25.7. The largest absolute Gasteiger partial charge is 3.00 e. The summed E-state index contributed by atoms with van der Waals surface area (Å²) in [5.74, 6) is -8.93. The smallest absolute Gasteiger partial charge is 0.549 e. The molecule has 228 valence electrons. The summed E-state index contributed by atoms with van der Waals surface area (Å²) < 4.78 is 15.6. The first-order valence-corrected chi connectivity index (χ1v) is 12.7. The molecule has 0 aromatic heterocycles. The van der Waals surface area contributed by atoms with Gasteiger partial charge in [0.25, 0.3) is 0 Å². The second-order valence-corrected chi connectivity index (χ2v) is 9.89. The molecule has 0 aliphatic heterocycles. The number of hydrogen-bond acceptors (Lipinski definition) is 12. The number of carboxylic acids is 3. The molecule has 0 N–H and O–H groups in total. The van der Waals surface area contributed by atoms with E-state index in [2.05, 4.69) is 0 Å². The number of ether oxygens (including phenoxy) is 3. The van der Waals surface area contributed by atoms with Crippen LogP contribution in [0.2, 0.25) is 0 Å². The fraction of sp³-hybridized carbons (Fsp3) is 0.778. The molecule has 0 radical (unpaired) electrons. The van der Waals surface area contributed by atoms with E-state index < -0.39 is 71.3 Å². The predicted octanol–water partition coefficient (Wildman–Crippen LogP) is -1.12. The van der Waals surface area contributed by atoms with Crippen molar-refractivity contribution in [3.63, 3.8) is 0 Å². The molecule has 6 unspecified atom stereocenters. The molecule has 0 rings (SSSR count). The van der Waals surface area contributed by atoms with Crippen molar-refractivity contribution in [3.05, 3.63) is 0 Å². The van der Waals surface area contributed by atoms with Crippen LogP contribution in [-0.4, -0.2) is 89.2 Å². The minimum Gasteiger partial charge on any atom is -0.549 e. The number of Topliss-reactive ketones (excluding diaryl/α,β-unsaturated/α-hetero) is 3. The molecule has 12 nitrogen and oxygen atoms in total. The summed E-state index contributed by atoms with van der Waals surface area (Å²) in [7, 11) is 0. The first-order chi connectivity index (χ1) is 17.6. The zero-order chi connectivity index (χ0) is 31.8. The predicted molar refractivity (Wildman–Crippen MR) is 140 cm³/mol. The van der Waals surface area contributed by atoms with Crippen LogP contribution in [0, 0.1) is 17.8 Å². The number of aliphatic carboxylic acids is 3. The van der Waals surface area contributed by atoms with Crippen LogP contribution in [0.4, 0.5) is 0 Å². The maximum absolute atomic E-state index is 10.9. The molecule has 0 spiro atoms. The Morgan fingerprint density at radius 1 is 0.425 bits per heavy atom. The van der Waals surface area contributed by atoms with Gasteiger partial charge in [-0.15, -0.1) is 0 Å². The van der Waals surface area contributed by atoms with Gasteiger partial charge in [-0.25, -0.2) is 0 Å². The van der Waals surface area contributed by atoms with E-state index >= 15 is 0 Å². The van der Waals surface area contributed by atoms with Crippen molar-refractivity contribution in [2.75, 3.05) is 0 Å². The summed E-state index contributed by atoms with van der Waals surface area (Å²) in [6, 6.07) is 0. The molecule has 0 aromatic rings. The Kier molecular flexibility index (Phi) is 25.2. The van der Waals surface area contributed by atoms with Crippen molar-refractivity contribution in [1.82, 2.24) is 0 Å². The standard InChI is InChI=1S/3C9H16O4.Al/c3*1-5(2)13-7(4)8(6(3)10)9(11)12;/h3*5,7-8H,1-4H3,(H,11,12);/q;;;+3/p-3. The van der Waals surface area contributed by atoms with Gasteiger partial charge >= 0.3 is 17.4 Å². The molecule has 0 saturated carbocycles. The normalized spacial score (nSPS) is 15.1. The average molecular weight is 589 g/mol. The van der Waals surface area contributed by atoms with Crippen LogP contribution in [0.1, 0.15) is 83.1 Å². The van der Waals surface area contributed by atoms with E-state index in [0.29, 0.717) is 0 Å². The van der Waals surface area contributed by atoms with Crippen LogP contribution in [0.5, 0.6) is 0 Å². The van der Waals surface area contributed by atoms with Gasteiger partial charge in [0, 0.05) is 0 Å². The van der Waals surface area contributed by atoms with Gasteiger partial charge in [-0.2, -0.15) is 0 Å². The van der Waals surface area contributed by atoms with Gasteiger partial charge in [-0.1, -0.05) is 0 Å². The summed E-state index contributed by atoms with van der Waals surface area (Å²) in [5.41, 5.74) is 0. The van der Waals surface area contributed by atoms with Crippen LogP contribution < -0.4 is 15.3 Å². The van der Waals surface area contributed by atoms with Crippen LogP contribution in [0.3, 0.4) is 0 Å². The third-order valence-corrected chi connectivity index (χ3v) is 4.94. The Balaban J connectivity index is -0.000000240. The Morgan fingerprint density at radius 2 is 0.575 bits per heavy atom. The van der Waals surface area contributed by atoms with E-state index in [1.807, 2.05) is 0 Å². The van der Waals surface area contributed by atoms with Crippen molar-refractivity contribution < 1.29 is 58.3 Å². The zero-order valence-corrected chi connectivity index (χ0v) is 26.8. The van der Waals surface area contributed by atoms with Crippen molar-refractivity contribution in [3.8, 4) is 0 Å². The summed E-state index contributed by atoms with van der Waals surface area (Å²) in [6.45, 7) is 19.0. The Labute approximate surface area is 248 Å². The Bertz CT molecular complexity index is 663. The molecule has 13 heteroatoms. The first kappa shape index (κ1) is 44.8. The number of carbonyl (C=O) groups excluding carboxylic acids is 6. The molecule has 0 bridgehead atoms. The minimum absolute atomic E-state index is 0. The molecule has 40 heavy (non-hydrogen) atoms.